The lowest BCUT2D eigenvalue weighted by molar-refractivity contribution is 0.325. The van der Waals surface area contributed by atoms with Crippen LogP contribution in [0.3, 0.4) is 0 Å². The predicted molar refractivity (Wildman–Crippen MR) is 91.7 cm³/mol. The Morgan fingerprint density at radius 2 is 2.13 bits per heavy atom. The van der Waals surface area contributed by atoms with Crippen LogP contribution in [0.4, 0.5) is 0 Å². The molecule has 1 N–H and O–H groups in total. The van der Waals surface area contributed by atoms with Gasteiger partial charge in [0, 0.05) is 19.0 Å². The first-order valence-corrected chi connectivity index (χ1v) is 8.12. The molecule has 118 valence electrons. The van der Waals surface area contributed by atoms with Gasteiger partial charge in [0.05, 0.1) is 18.1 Å². The minimum atomic E-state index is 0.494. The number of hydrogen-bond donors (Lipinski definition) is 1. The zero-order valence-corrected chi connectivity index (χ0v) is 13.3. The lowest BCUT2D eigenvalue weighted by Crippen LogP contribution is -2.20. The Morgan fingerprint density at radius 1 is 1.22 bits per heavy atom. The first kappa shape index (κ1) is 14.3. The second-order valence-corrected chi connectivity index (χ2v) is 6.21. The molecule has 4 nitrogen and oxygen atoms in total. The van der Waals surface area contributed by atoms with Gasteiger partial charge in [0.15, 0.2) is 0 Å². The van der Waals surface area contributed by atoms with Crippen molar-refractivity contribution in [2.24, 2.45) is 0 Å². The fourth-order valence-electron chi connectivity index (χ4n) is 3.39. The first-order chi connectivity index (χ1) is 11.3. The highest BCUT2D eigenvalue weighted by Crippen LogP contribution is 2.28. The number of rotatable bonds is 4. The maximum atomic E-state index is 5.31. The molecule has 2 heterocycles. The minimum Gasteiger partial charge on any atom is -0.497 e. The molecule has 0 spiro atoms. The van der Waals surface area contributed by atoms with Crippen LogP contribution >= 0.6 is 0 Å². The Bertz CT molecular complexity index is 778. The molecule has 3 aromatic rings. The number of hydrogen-bond acceptors (Lipinski definition) is 3. The van der Waals surface area contributed by atoms with Gasteiger partial charge in [0.1, 0.15) is 11.6 Å². The van der Waals surface area contributed by atoms with E-state index in [-0.39, 0.29) is 0 Å². The molecule has 4 rings (SSSR count). The molecule has 0 saturated carbocycles. The number of nitrogens with one attached hydrogen (secondary N) is 1. The first-order valence-electron chi connectivity index (χ1n) is 8.12. The molecule has 0 radical (unpaired) electrons. The van der Waals surface area contributed by atoms with Crippen LogP contribution in [-0.4, -0.2) is 35.1 Å². The van der Waals surface area contributed by atoms with E-state index >= 15 is 0 Å². The van der Waals surface area contributed by atoms with Crippen LogP contribution in [0.25, 0.3) is 11.0 Å². The van der Waals surface area contributed by atoms with Crippen molar-refractivity contribution in [3.05, 3.63) is 59.9 Å². The lowest BCUT2D eigenvalue weighted by Gasteiger charge is -2.16. The Hall–Kier alpha value is -2.33. The second-order valence-electron chi connectivity index (χ2n) is 6.21. The maximum absolute atomic E-state index is 5.31. The summed E-state index contributed by atoms with van der Waals surface area (Å²) in [5, 5.41) is 0. The van der Waals surface area contributed by atoms with Crippen molar-refractivity contribution in [2.45, 2.75) is 18.9 Å². The molecule has 0 aliphatic carbocycles. The molecule has 0 amide bonds. The summed E-state index contributed by atoms with van der Waals surface area (Å²) in [4.78, 5) is 10.7. The summed E-state index contributed by atoms with van der Waals surface area (Å²) >= 11 is 0. The Balaban J connectivity index is 1.46. The van der Waals surface area contributed by atoms with Crippen molar-refractivity contribution in [1.82, 2.24) is 14.9 Å². The van der Waals surface area contributed by atoms with Gasteiger partial charge in [-0.2, -0.15) is 0 Å². The van der Waals surface area contributed by atoms with E-state index in [1.807, 2.05) is 18.2 Å². The van der Waals surface area contributed by atoms with Crippen LogP contribution < -0.4 is 4.74 Å². The summed E-state index contributed by atoms with van der Waals surface area (Å²) in [6.45, 7) is 3.13. The molecule has 1 aromatic heterocycles. The van der Waals surface area contributed by atoms with Gasteiger partial charge in [0.2, 0.25) is 0 Å². The Morgan fingerprint density at radius 3 is 3.00 bits per heavy atom. The van der Waals surface area contributed by atoms with Crippen molar-refractivity contribution in [2.75, 3.05) is 20.2 Å². The van der Waals surface area contributed by atoms with E-state index in [1.165, 1.54) is 5.56 Å². The largest absolute Gasteiger partial charge is 0.497 e. The number of likely N-dealkylation sites (tertiary alicyclic amines) is 1. The molecule has 1 aliphatic rings. The highest BCUT2D eigenvalue weighted by molar-refractivity contribution is 5.74. The summed E-state index contributed by atoms with van der Waals surface area (Å²) in [5.41, 5.74) is 3.50. The standard InChI is InChI=1S/C19H21N3O/c1-23-16-6-4-5-14(11-16)12-22-10-9-15(13-22)19-20-17-7-2-3-8-18(17)21-19/h2-8,11,15H,9-10,12-13H2,1H3,(H,20,21)/t15-/m0/s1. The number of nitrogens with zero attached hydrogens (tertiary/aromatic N) is 2. The molecule has 0 bridgehead atoms. The number of aromatic nitrogens is 2. The molecule has 1 aliphatic heterocycles. The highest BCUT2D eigenvalue weighted by atomic mass is 16.5. The molecule has 1 fully saturated rings. The van der Waals surface area contributed by atoms with Crippen molar-refractivity contribution in [3.63, 3.8) is 0 Å². The van der Waals surface area contributed by atoms with Crippen LogP contribution in [0.1, 0.15) is 23.7 Å². The van der Waals surface area contributed by atoms with Crippen molar-refractivity contribution in [3.8, 4) is 5.75 Å². The molecule has 1 atom stereocenters. The topological polar surface area (TPSA) is 41.1 Å². The lowest BCUT2D eigenvalue weighted by atomic mass is 10.1. The average molecular weight is 307 g/mol. The zero-order valence-electron chi connectivity index (χ0n) is 13.3. The van der Waals surface area contributed by atoms with Gasteiger partial charge in [-0.05, 0) is 42.8 Å². The van der Waals surface area contributed by atoms with Gasteiger partial charge in [-0.15, -0.1) is 0 Å². The highest BCUT2D eigenvalue weighted by Gasteiger charge is 2.26. The third kappa shape index (κ3) is 2.94. The molecule has 4 heteroatoms. The van der Waals surface area contributed by atoms with Crippen LogP contribution in [0.5, 0.6) is 5.75 Å². The summed E-state index contributed by atoms with van der Waals surface area (Å²) in [5.74, 6) is 2.54. The van der Waals surface area contributed by atoms with Crippen LogP contribution in [0.15, 0.2) is 48.5 Å². The third-order valence-electron chi connectivity index (χ3n) is 4.61. The molecular formula is C19H21N3O. The normalized spacial score (nSPS) is 18.6. The molecule has 1 saturated heterocycles. The number of aromatic amines is 1. The van der Waals surface area contributed by atoms with Gasteiger partial charge in [-0.3, -0.25) is 4.90 Å². The minimum absolute atomic E-state index is 0.494. The summed E-state index contributed by atoms with van der Waals surface area (Å²) in [6, 6.07) is 16.6. The monoisotopic (exact) mass is 307 g/mol. The quantitative estimate of drug-likeness (QED) is 0.801. The van der Waals surface area contributed by atoms with E-state index in [0.717, 1.165) is 48.7 Å². The fourth-order valence-corrected chi connectivity index (χ4v) is 3.39. The number of fused-ring (bicyclic) bond motifs is 1. The predicted octanol–water partition coefficient (Wildman–Crippen LogP) is 3.56. The van der Waals surface area contributed by atoms with Crippen LogP contribution in [-0.2, 0) is 6.54 Å². The number of imidazole rings is 1. The van der Waals surface area contributed by atoms with Crippen molar-refractivity contribution in [1.29, 1.82) is 0 Å². The fraction of sp³-hybridized carbons (Fsp3) is 0.316. The molecular weight excluding hydrogens is 286 g/mol. The summed E-state index contributed by atoms with van der Waals surface area (Å²) < 4.78 is 5.31. The Labute approximate surface area is 136 Å². The smallest absolute Gasteiger partial charge is 0.119 e. The van der Waals surface area contributed by atoms with E-state index in [0.29, 0.717) is 5.92 Å². The van der Waals surface area contributed by atoms with E-state index < -0.39 is 0 Å². The van der Waals surface area contributed by atoms with Crippen molar-refractivity contribution >= 4 is 11.0 Å². The summed E-state index contributed by atoms with van der Waals surface area (Å²) in [7, 11) is 1.71. The van der Waals surface area contributed by atoms with Gasteiger partial charge >= 0.3 is 0 Å². The summed E-state index contributed by atoms with van der Waals surface area (Å²) in [6.07, 6.45) is 1.16. The van der Waals surface area contributed by atoms with Gasteiger partial charge in [-0.25, -0.2) is 4.98 Å². The number of para-hydroxylation sites is 2. The molecule has 2 aromatic carbocycles. The number of ether oxygens (including phenoxy) is 1. The van der Waals surface area contributed by atoms with E-state index in [9.17, 15) is 0 Å². The van der Waals surface area contributed by atoms with E-state index in [4.69, 9.17) is 9.72 Å². The van der Waals surface area contributed by atoms with Gasteiger partial charge in [0.25, 0.3) is 0 Å². The van der Waals surface area contributed by atoms with E-state index in [1.54, 1.807) is 7.11 Å². The van der Waals surface area contributed by atoms with Gasteiger partial charge in [-0.1, -0.05) is 24.3 Å². The van der Waals surface area contributed by atoms with Crippen LogP contribution in [0, 0.1) is 0 Å². The molecule has 23 heavy (non-hydrogen) atoms. The third-order valence-corrected chi connectivity index (χ3v) is 4.61. The maximum Gasteiger partial charge on any atom is 0.119 e. The van der Waals surface area contributed by atoms with E-state index in [2.05, 4.69) is 40.2 Å². The SMILES string of the molecule is COc1cccc(CN2CC[C@H](c3nc4ccccc4[nH]3)C2)c1. The average Bonchev–Trinajstić information content (AvgIpc) is 3.21. The second kappa shape index (κ2) is 6.05. The van der Waals surface area contributed by atoms with Gasteiger partial charge < -0.3 is 9.72 Å². The van der Waals surface area contributed by atoms with Crippen LogP contribution in [0.2, 0.25) is 0 Å². The number of methoxy groups -OCH3 is 1. The number of benzene rings is 2. The number of H-pyrrole nitrogens is 1. The zero-order chi connectivity index (χ0) is 15.6. The Kier molecular flexibility index (Phi) is 3.75. The molecule has 0 unspecified atom stereocenters. The van der Waals surface area contributed by atoms with Crippen molar-refractivity contribution < 1.29 is 4.74 Å².